The first-order valence-electron chi connectivity index (χ1n) is 5.88. The molecule has 1 rings (SSSR count). The zero-order chi connectivity index (χ0) is 14.3. The molecule has 0 saturated heterocycles. The molecule has 1 aromatic carbocycles. The lowest BCUT2D eigenvalue weighted by Gasteiger charge is -2.09. The van der Waals surface area contributed by atoms with E-state index in [0.717, 1.165) is 6.07 Å². The van der Waals surface area contributed by atoms with E-state index in [4.69, 9.17) is 9.84 Å². The number of carboxylic acids is 1. The number of carbonyl (C=O) groups is 2. The second kappa shape index (κ2) is 7.35. The number of rotatable bonds is 7. The molecule has 0 heterocycles. The summed E-state index contributed by atoms with van der Waals surface area (Å²) < 4.78 is 18.0. The molecule has 6 heteroatoms. The summed E-state index contributed by atoms with van der Waals surface area (Å²) in [6.07, 6.45) is 1.10. The molecule has 0 unspecified atom stereocenters. The van der Waals surface area contributed by atoms with Crippen LogP contribution in [-0.2, 0) is 4.79 Å². The number of hydrogen-bond acceptors (Lipinski definition) is 3. The number of aliphatic carboxylic acids is 1. The molecule has 0 radical (unpaired) electrons. The molecule has 0 aliphatic carbocycles. The van der Waals surface area contributed by atoms with Gasteiger partial charge in [-0.1, -0.05) is 0 Å². The maximum Gasteiger partial charge on any atom is 0.303 e. The maximum absolute atomic E-state index is 13.1. The minimum Gasteiger partial charge on any atom is -0.496 e. The zero-order valence-corrected chi connectivity index (χ0v) is 10.6. The number of unbranched alkanes of at least 4 members (excludes halogenated alkanes) is 1. The van der Waals surface area contributed by atoms with Gasteiger partial charge in [-0.3, -0.25) is 9.59 Å². The lowest BCUT2D eigenvalue weighted by molar-refractivity contribution is -0.137. The molecule has 19 heavy (non-hydrogen) atoms. The topological polar surface area (TPSA) is 75.6 Å². The average molecular weight is 269 g/mol. The second-order valence-electron chi connectivity index (χ2n) is 3.95. The van der Waals surface area contributed by atoms with Gasteiger partial charge in [0.1, 0.15) is 11.6 Å². The van der Waals surface area contributed by atoms with E-state index in [1.165, 1.54) is 19.2 Å². The Labute approximate surface area is 110 Å². The van der Waals surface area contributed by atoms with Gasteiger partial charge in [0.25, 0.3) is 5.91 Å². The first kappa shape index (κ1) is 14.9. The molecule has 0 saturated carbocycles. The van der Waals surface area contributed by atoms with Crippen LogP contribution in [0.25, 0.3) is 0 Å². The van der Waals surface area contributed by atoms with Gasteiger partial charge in [0.2, 0.25) is 0 Å². The normalized spacial score (nSPS) is 10.0. The largest absolute Gasteiger partial charge is 0.496 e. The van der Waals surface area contributed by atoms with Gasteiger partial charge in [-0.05, 0) is 31.0 Å². The van der Waals surface area contributed by atoms with Crippen molar-refractivity contribution in [3.05, 3.63) is 29.6 Å². The molecule has 0 atom stereocenters. The number of nitrogens with one attached hydrogen (secondary N) is 1. The molecule has 1 aromatic rings. The number of benzene rings is 1. The third kappa shape index (κ3) is 4.95. The van der Waals surface area contributed by atoms with Gasteiger partial charge in [-0.25, -0.2) is 4.39 Å². The summed E-state index contributed by atoms with van der Waals surface area (Å²) in [5, 5.41) is 11.0. The number of amides is 1. The summed E-state index contributed by atoms with van der Waals surface area (Å²) >= 11 is 0. The monoisotopic (exact) mass is 269 g/mol. The van der Waals surface area contributed by atoms with Crippen LogP contribution in [0.2, 0.25) is 0 Å². The molecule has 0 bridgehead atoms. The number of halogens is 1. The lowest BCUT2D eigenvalue weighted by atomic mass is 10.1. The summed E-state index contributed by atoms with van der Waals surface area (Å²) in [5.74, 6) is -1.52. The fourth-order valence-corrected chi connectivity index (χ4v) is 1.56. The van der Waals surface area contributed by atoms with E-state index in [2.05, 4.69) is 5.32 Å². The Hall–Kier alpha value is -2.11. The highest BCUT2D eigenvalue weighted by atomic mass is 19.1. The summed E-state index contributed by atoms with van der Waals surface area (Å²) in [7, 11) is 1.40. The van der Waals surface area contributed by atoms with Crippen LogP contribution < -0.4 is 10.1 Å². The molecule has 0 aliphatic heterocycles. The Bertz CT molecular complexity index is 462. The van der Waals surface area contributed by atoms with Crippen LogP contribution >= 0.6 is 0 Å². The van der Waals surface area contributed by atoms with E-state index in [1.54, 1.807) is 0 Å². The van der Waals surface area contributed by atoms with Crippen molar-refractivity contribution in [3.63, 3.8) is 0 Å². The molecule has 2 N–H and O–H groups in total. The van der Waals surface area contributed by atoms with Crippen LogP contribution in [0.1, 0.15) is 29.6 Å². The van der Waals surface area contributed by atoms with E-state index in [-0.39, 0.29) is 12.0 Å². The fourth-order valence-electron chi connectivity index (χ4n) is 1.56. The number of ether oxygens (including phenoxy) is 1. The van der Waals surface area contributed by atoms with Gasteiger partial charge in [0, 0.05) is 13.0 Å². The number of methoxy groups -OCH3 is 1. The van der Waals surface area contributed by atoms with Crippen molar-refractivity contribution >= 4 is 11.9 Å². The SMILES string of the molecule is COc1ccc(F)cc1C(=O)NCCCCC(=O)O. The van der Waals surface area contributed by atoms with Crippen molar-refractivity contribution in [2.24, 2.45) is 0 Å². The van der Waals surface area contributed by atoms with Gasteiger partial charge < -0.3 is 15.2 Å². The number of carbonyl (C=O) groups excluding carboxylic acids is 1. The summed E-state index contributed by atoms with van der Waals surface area (Å²) in [4.78, 5) is 22.1. The fraction of sp³-hybridized carbons (Fsp3) is 0.385. The molecule has 0 fully saturated rings. The molecular weight excluding hydrogens is 253 g/mol. The summed E-state index contributed by atoms with van der Waals surface area (Å²) in [5.41, 5.74) is 0.126. The molecule has 1 amide bonds. The molecule has 5 nitrogen and oxygen atoms in total. The Balaban J connectivity index is 2.49. The quantitative estimate of drug-likeness (QED) is 0.740. The van der Waals surface area contributed by atoms with Crippen LogP contribution in [0, 0.1) is 5.82 Å². The molecule has 104 valence electrons. The highest BCUT2D eigenvalue weighted by Gasteiger charge is 2.12. The van der Waals surface area contributed by atoms with Crippen molar-refractivity contribution in [1.82, 2.24) is 5.32 Å². The molecule has 0 aliphatic rings. The van der Waals surface area contributed by atoms with Crippen LogP contribution in [0.15, 0.2) is 18.2 Å². The predicted molar refractivity (Wildman–Crippen MR) is 66.8 cm³/mol. The van der Waals surface area contributed by atoms with E-state index >= 15 is 0 Å². The first-order valence-corrected chi connectivity index (χ1v) is 5.88. The van der Waals surface area contributed by atoms with Crippen LogP contribution in [0.3, 0.4) is 0 Å². The molecule has 0 spiro atoms. The number of carboxylic acid groups (broad SMARTS) is 1. The van der Waals surface area contributed by atoms with Crippen molar-refractivity contribution in [3.8, 4) is 5.75 Å². The van der Waals surface area contributed by atoms with Gasteiger partial charge >= 0.3 is 5.97 Å². The van der Waals surface area contributed by atoms with Gasteiger partial charge in [0.15, 0.2) is 0 Å². The van der Waals surface area contributed by atoms with Crippen molar-refractivity contribution in [2.75, 3.05) is 13.7 Å². The zero-order valence-electron chi connectivity index (χ0n) is 10.6. The highest BCUT2D eigenvalue weighted by Crippen LogP contribution is 2.18. The van der Waals surface area contributed by atoms with Gasteiger partial charge in [-0.2, -0.15) is 0 Å². The Kier molecular flexibility index (Phi) is 5.78. The third-order valence-corrected chi connectivity index (χ3v) is 2.51. The average Bonchev–Trinajstić information content (AvgIpc) is 2.37. The minimum atomic E-state index is -0.863. The van der Waals surface area contributed by atoms with Crippen molar-refractivity contribution in [1.29, 1.82) is 0 Å². The van der Waals surface area contributed by atoms with Crippen LogP contribution in [0.5, 0.6) is 5.75 Å². The van der Waals surface area contributed by atoms with Gasteiger partial charge in [0.05, 0.1) is 12.7 Å². The van der Waals surface area contributed by atoms with Crippen LogP contribution in [-0.4, -0.2) is 30.6 Å². The molecular formula is C13H16FNO4. The third-order valence-electron chi connectivity index (χ3n) is 2.51. The standard InChI is InChI=1S/C13H16FNO4/c1-19-11-6-5-9(14)8-10(11)13(18)15-7-3-2-4-12(16)17/h5-6,8H,2-4,7H2,1H3,(H,15,18)(H,16,17). The summed E-state index contributed by atoms with van der Waals surface area (Å²) in [6.45, 7) is 0.339. The molecule has 0 aromatic heterocycles. The Morgan fingerprint density at radius 1 is 1.37 bits per heavy atom. The lowest BCUT2D eigenvalue weighted by Crippen LogP contribution is -2.25. The smallest absolute Gasteiger partial charge is 0.303 e. The van der Waals surface area contributed by atoms with E-state index < -0.39 is 17.7 Å². The van der Waals surface area contributed by atoms with Crippen molar-refractivity contribution in [2.45, 2.75) is 19.3 Å². The van der Waals surface area contributed by atoms with E-state index in [9.17, 15) is 14.0 Å². The number of hydrogen-bond donors (Lipinski definition) is 2. The maximum atomic E-state index is 13.1. The first-order chi connectivity index (χ1) is 9.04. The minimum absolute atomic E-state index is 0.0686. The van der Waals surface area contributed by atoms with Crippen molar-refractivity contribution < 1.29 is 23.8 Å². The summed E-state index contributed by atoms with van der Waals surface area (Å²) in [6, 6.07) is 3.70. The predicted octanol–water partition coefficient (Wildman–Crippen LogP) is 1.82. The Morgan fingerprint density at radius 3 is 2.74 bits per heavy atom. The van der Waals surface area contributed by atoms with E-state index in [1.807, 2.05) is 0 Å². The Morgan fingerprint density at radius 2 is 2.11 bits per heavy atom. The van der Waals surface area contributed by atoms with Gasteiger partial charge in [-0.15, -0.1) is 0 Å². The van der Waals surface area contributed by atoms with Crippen LogP contribution in [0.4, 0.5) is 4.39 Å². The second-order valence-corrected chi connectivity index (χ2v) is 3.95. The van der Waals surface area contributed by atoms with E-state index in [0.29, 0.717) is 25.1 Å². The highest BCUT2D eigenvalue weighted by molar-refractivity contribution is 5.96.